The summed E-state index contributed by atoms with van der Waals surface area (Å²) < 4.78 is 0. The van der Waals surface area contributed by atoms with E-state index in [1.165, 1.54) is 9.80 Å². The van der Waals surface area contributed by atoms with Crippen LogP contribution in [0.3, 0.4) is 0 Å². The lowest BCUT2D eigenvalue weighted by Gasteiger charge is -2.29. The lowest BCUT2D eigenvalue weighted by atomic mass is 10.2. The summed E-state index contributed by atoms with van der Waals surface area (Å²) in [5.41, 5.74) is 81.7. The van der Waals surface area contributed by atoms with Crippen molar-refractivity contribution in [2.24, 2.45) is 80.3 Å². The van der Waals surface area contributed by atoms with Gasteiger partial charge >= 0.3 is 0 Å². The number of carbonyl (C=O) groups is 12. The third-order valence-electron chi connectivity index (χ3n) is 23.0. The molecule has 0 atom stereocenters. The molecule has 12 amide bonds. The molecule has 0 bridgehead atoms. The predicted molar refractivity (Wildman–Crippen MR) is 549 cm³/mol. The number of nitrogens with two attached hydrogens (primary N) is 14. The van der Waals surface area contributed by atoms with Gasteiger partial charge in [-0.15, -0.1) is 0 Å². The van der Waals surface area contributed by atoms with Crippen LogP contribution in [-0.2, 0) is 57.5 Å². The first-order valence-corrected chi connectivity index (χ1v) is 51.0. The summed E-state index contributed by atoms with van der Waals surface area (Å²) >= 11 is 0. The second-order valence-electron chi connectivity index (χ2n) is 34.1. The highest BCUT2D eigenvalue weighted by atomic mass is 16.2. The van der Waals surface area contributed by atoms with Gasteiger partial charge in [0.2, 0.25) is 70.9 Å². The van der Waals surface area contributed by atoms with E-state index in [9.17, 15) is 57.5 Å². The number of carbonyl (C=O) groups excluding carboxylic acids is 12. The molecular weight excluding hydrogens is 1790 g/mol. The van der Waals surface area contributed by atoms with Crippen molar-refractivity contribution in [3.8, 4) is 0 Å². The first-order chi connectivity index (χ1) is 67.4. The Morgan fingerprint density at radius 2 is 0.338 bits per heavy atom. The van der Waals surface area contributed by atoms with Gasteiger partial charge in [0.25, 0.3) is 0 Å². The van der Waals surface area contributed by atoms with Gasteiger partial charge in [-0.1, -0.05) is 6.92 Å². The molecule has 50 nitrogen and oxygen atoms in total. The van der Waals surface area contributed by atoms with Gasteiger partial charge in [-0.3, -0.25) is 67.3 Å². The second-order valence-corrected chi connectivity index (χ2v) is 34.1. The Morgan fingerprint density at radius 3 is 0.626 bits per heavy atom. The van der Waals surface area contributed by atoms with Gasteiger partial charge < -0.3 is 193 Å². The minimum atomic E-state index is -0.449. The fourth-order valence-electron chi connectivity index (χ4n) is 15.2. The minimum absolute atomic E-state index is 0.000185. The van der Waals surface area contributed by atoms with E-state index in [2.05, 4.69) is 63.4 Å². The van der Waals surface area contributed by atoms with Gasteiger partial charge in [-0.25, -0.2) is 0 Å². The van der Waals surface area contributed by atoms with Gasteiger partial charge in [0.15, 0.2) is 0 Å². The molecular formula is C89H194N38O12. The van der Waals surface area contributed by atoms with Crippen LogP contribution in [-0.4, -0.2) is 547 Å². The summed E-state index contributed by atoms with van der Waals surface area (Å²) in [6.45, 7) is 25.5. The van der Waals surface area contributed by atoms with E-state index < -0.39 is 5.91 Å². The van der Waals surface area contributed by atoms with E-state index >= 15 is 0 Å². The number of hydrogen-bond donors (Lipinski definition) is 25. The number of nitrogens with one attached hydrogen (secondary N) is 11. The third-order valence-corrected chi connectivity index (χ3v) is 23.0. The summed E-state index contributed by atoms with van der Waals surface area (Å²) in [6, 6.07) is 0. The van der Waals surface area contributed by atoms with Gasteiger partial charge in [0.05, 0.1) is 0 Å². The van der Waals surface area contributed by atoms with Crippen molar-refractivity contribution >= 4 is 70.9 Å². The quantitative estimate of drug-likeness (QED) is 0.0251. The number of amides is 12. The summed E-state index contributed by atoms with van der Waals surface area (Å²) in [4.78, 5) is 189. The van der Waals surface area contributed by atoms with Crippen LogP contribution in [0.25, 0.3) is 0 Å². The van der Waals surface area contributed by atoms with Crippen LogP contribution in [0.15, 0.2) is 0 Å². The molecule has 0 aliphatic rings. The van der Waals surface area contributed by atoms with Crippen LogP contribution in [0.4, 0.5) is 0 Å². The highest BCUT2D eigenvalue weighted by Gasteiger charge is 2.26. The van der Waals surface area contributed by atoms with E-state index in [0.717, 1.165) is 13.0 Å². The second kappa shape index (κ2) is 91.8. The van der Waals surface area contributed by atoms with E-state index in [1.54, 1.807) is 19.6 Å². The first-order valence-electron chi connectivity index (χ1n) is 51.0. The van der Waals surface area contributed by atoms with Crippen molar-refractivity contribution in [2.75, 3.05) is 412 Å². The monoisotopic (exact) mass is 1990 g/mol. The number of nitrogens with zero attached hydrogens (tertiary/aromatic N) is 13. The Labute approximate surface area is 829 Å². The molecule has 0 rings (SSSR count). The normalized spacial score (nSPS) is 11.5. The Balaban J connectivity index is 7.21. The van der Waals surface area contributed by atoms with E-state index in [4.69, 9.17) is 80.3 Å². The zero-order chi connectivity index (χ0) is 103. The number of rotatable bonds is 99. The Bertz CT molecular complexity index is 3080. The third kappa shape index (κ3) is 72.5. The summed E-state index contributed by atoms with van der Waals surface area (Å²) in [7, 11) is 0. The Morgan fingerprint density at radius 1 is 0.151 bits per heavy atom. The topological polar surface area (TPSA) is 744 Å². The van der Waals surface area contributed by atoms with Crippen LogP contribution in [0.1, 0.15) is 90.4 Å². The van der Waals surface area contributed by atoms with Crippen molar-refractivity contribution in [1.29, 1.82) is 0 Å². The van der Waals surface area contributed by atoms with Crippen LogP contribution in [0.5, 0.6) is 0 Å². The highest BCUT2D eigenvalue weighted by Crippen LogP contribution is 2.08. The molecule has 0 aliphatic carbocycles. The molecule has 812 valence electrons. The van der Waals surface area contributed by atoms with Crippen molar-refractivity contribution in [3.05, 3.63) is 0 Å². The van der Waals surface area contributed by atoms with Crippen LogP contribution in [0.2, 0.25) is 0 Å². The Hall–Kier alpha value is -7.40. The van der Waals surface area contributed by atoms with Gasteiger partial charge in [-0.2, -0.15) is 0 Å². The van der Waals surface area contributed by atoms with Crippen LogP contribution < -0.4 is 139 Å². The zero-order valence-corrected chi connectivity index (χ0v) is 85.0. The fourth-order valence-corrected chi connectivity index (χ4v) is 15.2. The van der Waals surface area contributed by atoms with Gasteiger partial charge in [-0.05, 0) is 6.42 Å². The maximum Gasteiger partial charge on any atom is 0.223 e. The highest BCUT2D eigenvalue weighted by molar-refractivity contribution is 5.82. The minimum Gasteiger partial charge on any atom is -0.355 e. The lowest BCUT2D eigenvalue weighted by molar-refractivity contribution is -0.136. The lowest BCUT2D eigenvalue weighted by Crippen LogP contribution is -2.47. The molecule has 0 aromatic carbocycles. The Kier molecular flexibility index (Phi) is 86.9. The molecule has 0 fully saturated rings. The largest absolute Gasteiger partial charge is 0.355 e. The molecule has 0 saturated carbocycles. The maximum atomic E-state index is 14.6. The van der Waals surface area contributed by atoms with E-state index in [-0.39, 0.29) is 240 Å². The summed E-state index contributed by atoms with van der Waals surface area (Å²) in [5, 5.41) is 34.0. The summed E-state index contributed by atoms with van der Waals surface area (Å²) in [5.74, 6) is -2.73. The van der Waals surface area contributed by atoms with E-state index in [1.807, 2.05) is 36.3 Å². The molecule has 0 unspecified atom stereocenters. The zero-order valence-electron chi connectivity index (χ0n) is 85.0. The molecule has 0 spiro atoms. The molecule has 0 aromatic heterocycles. The predicted octanol–water partition coefficient (Wildman–Crippen LogP) is -14.8. The molecule has 0 radical (unpaired) electrons. The van der Waals surface area contributed by atoms with Gasteiger partial charge in [0, 0.05) is 489 Å². The smallest absolute Gasteiger partial charge is 0.223 e. The van der Waals surface area contributed by atoms with Crippen LogP contribution >= 0.6 is 0 Å². The van der Waals surface area contributed by atoms with Crippen molar-refractivity contribution in [2.45, 2.75) is 90.4 Å². The maximum absolute atomic E-state index is 14.6. The van der Waals surface area contributed by atoms with Crippen LogP contribution in [0, 0.1) is 0 Å². The molecule has 0 aromatic rings. The first kappa shape index (κ1) is 132. The van der Waals surface area contributed by atoms with E-state index in [0.29, 0.717) is 307 Å². The molecule has 0 saturated heterocycles. The molecule has 39 N–H and O–H groups in total. The van der Waals surface area contributed by atoms with Crippen molar-refractivity contribution in [1.82, 2.24) is 122 Å². The molecule has 139 heavy (non-hydrogen) atoms. The van der Waals surface area contributed by atoms with Gasteiger partial charge in [0.1, 0.15) is 0 Å². The average molecular weight is 1990 g/mol. The SMILES string of the molecule is CCCN(CCNCCC(=O)N(CCNC(=O)CCNCCN(CCN)C(=O)CCNCCNCCN)CCN(CCC(=O)NCCN(CCNC(=O)CCN(CCNC(=O)CCN(CCN)CCN)CCNC(=O)CCN(CCN)CCN)C(=O)CCN(CCN)CCNC(=O)CCN(CCNCCN)C(=O)CCN(CCN)CCN)C(=O)CCN(CCN)CCN)C(=O)CCN(CCN)CCN. The molecule has 0 aliphatic heterocycles. The fraction of sp³-hybridized carbons (Fsp3) is 0.865. The molecule has 0 heterocycles. The average Bonchev–Trinajstić information content (AvgIpc) is 1.02. The van der Waals surface area contributed by atoms with Crippen molar-refractivity contribution < 1.29 is 57.5 Å². The van der Waals surface area contributed by atoms with Crippen molar-refractivity contribution in [3.63, 3.8) is 0 Å². The standard InChI is InChI=1S/C89H194N38O12/c1-2-45-122(86(136)11-49-117(59-21-96)60-22-97)70-36-106-31-5-85(135)127(75-44-112-78(128)3-29-105-37-72-125(66-28-103)84(134)4-30-104-34-35-107-32-15-90)77-76-124(88(138)13-51-119(63-25-100)64-26-101)54-10-83(133)114-43-74-126(89(139)14-52-120(65-27-102)67-39-111-82(132)9-53-123(71-38-108-33-16-91)87(137)12-50-118(61-23-98)62-24-99)73-42-113-81(131)8-48-121(68-40-109-79(129)6-46-115(55-17-92)56-18-93)69-41-110-80(130)7-47-116(57-19-94)58-20-95/h104-108H,2-77,90-103H2,1H3,(H,109,129)(H,110,130)(H,111,132)(H,112,128)(H,113,131)(H,114,133). The number of hydrogen-bond acceptors (Lipinski definition) is 38. The summed E-state index contributed by atoms with van der Waals surface area (Å²) in [6.07, 6.45) is 2.01. The molecule has 50 heteroatoms.